The van der Waals surface area contributed by atoms with E-state index in [0.29, 0.717) is 6.61 Å². The van der Waals surface area contributed by atoms with Crippen molar-refractivity contribution in [1.29, 1.82) is 0 Å². The number of ether oxygens (including phenoxy) is 1. The van der Waals surface area contributed by atoms with Crippen LogP contribution >= 0.6 is 0 Å². The SMILES string of the molecule is CNCc1ccc(COC(C)=O)cc1. The maximum absolute atomic E-state index is 10.6. The van der Waals surface area contributed by atoms with Crippen molar-refractivity contribution in [2.45, 2.75) is 20.1 Å². The summed E-state index contributed by atoms with van der Waals surface area (Å²) in [5.74, 6) is -0.246. The highest BCUT2D eigenvalue weighted by Gasteiger charge is 1.96. The fourth-order valence-electron chi connectivity index (χ4n) is 1.14. The van der Waals surface area contributed by atoms with E-state index >= 15 is 0 Å². The van der Waals surface area contributed by atoms with E-state index in [9.17, 15) is 4.79 Å². The van der Waals surface area contributed by atoms with E-state index in [2.05, 4.69) is 5.32 Å². The molecule has 0 fully saturated rings. The van der Waals surface area contributed by atoms with Gasteiger partial charge in [-0.1, -0.05) is 24.3 Å². The van der Waals surface area contributed by atoms with E-state index in [-0.39, 0.29) is 5.97 Å². The van der Waals surface area contributed by atoms with Gasteiger partial charge < -0.3 is 10.1 Å². The van der Waals surface area contributed by atoms with Crippen LogP contribution in [0.4, 0.5) is 0 Å². The van der Waals surface area contributed by atoms with Crippen molar-refractivity contribution in [3.05, 3.63) is 35.4 Å². The first-order valence-electron chi connectivity index (χ1n) is 4.58. The monoisotopic (exact) mass is 193 g/mol. The van der Waals surface area contributed by atoms with Gasteiger partial charge in [-0.15, -0.1) is 0 Å². The van der Waals surface area contributed by atoms with Gasteiger partial charge >= 0.3 is 5.97 Å². The highest BCUT2D eigenvalue weighted by molar-refractivity contribution is 5.65. The Kier molecular flexibility index (Phi) is 4.13. The Balaban J connectivity index is 2.50. The highest BCUT2D eigenvalue weighted by atomic mass is 16.5. The minimum Gasteiger partial charge on any atom is -0.461 e. The molecule has 0 radical (unpaired) electrons. The second-order valence-electron chi connectivity index (χ2n) is 3.13. The molecular weight excluding hydrogens is 178 g/mol. The molecule has 3 heteroatoms. The van der Waals surface area contributed by atoms with Crippen LogP contribution in [0, 0.1) is 0 Å². The lowest BCUT2D eigenvalue weighted by Gasteiger charge is -2.03. The molecule has 0 aliphatic heterocycles. The van der Waals surface area contributed by atoms with Crippen molar-refractivity contribution >= 4 is 5.97 Å². The van der Waals surface area contributed by atoms with Crippen LogP contribution in [0.15, 0.2) is 24.3 Å². The van der Waals surface area contributed by atoms with Crippen molar-refractivity contribution in [3.63, 3.8) is 0 Å². The van der Waals surface area contributed by atoms with Crippen molar-refractivity contribution in [1.82, 2.24) is 5.32 Å². The minimum atomic E-state index is -0.246. The van der Waals surface area contributed by atoms with Crippen molar-refractivity contribution in [2.24, 2.45) is 0 Å². The van der Waals surface area contributed by atoms with E-state index < -0.39 is 0 Å². The quantitative estimate of drug-likeness (QED) is 0.736. The van der Waals surface area contributed by atoms with Crippen LogP contribution in [-0.4, -0.2) is 13.0 Å². The van der Waals surface area contributed by atoms with Gasteiger partial charge in [0.2, 0.25) is 0 Å². The Morgan fingerprint density at radius 2 is 1.86 bits per heavy atom. The molecule has 1 N–H and O–H groups in total. The molecule has 0 aliphatic carbocycles. The standard InChI is InChI=1S/C11H15NO2/c1-9(13)14-8-11-5-3-10(4-6-11)7-12-2/h3-6,12H,7-8H2,1-2H3. The summed E-state index contributed by atoms with van der Waals surface area (Å²) < 4.78 is 4.87. The summed E-state index contributed by atoms with van der Waals surface area (Å²) in [7, 11) is 1.91. The third kappa shape index (κ3) is 3.58. The molecule has 0 aliphatic rings. The van der Waals surface area contributed by atoms with Crippen LogP contribution in [0.5, 0.6) is 0 Å². The average molecular weight is 193 g/mol. The van der Waals surface area contributed by atoms with Crippen LogP contribution in [-0.2, 0) is 22.7 Å². The lowest BCUT2D eigenvalue weighted by Crippen LogP contribution is -2.05. The summed E-state index contributed by atoms with van der Waals surface area (Å²) in [6.07, 6.45) is 0. The van der Waals surface area contributed by atoms with Gasteiger partial charge in [0.25, 0.3) is 0 Å². The van der Waals surface area contributed by atoms with Crippen LogP contribution in [0.1, 0.15) is 18.1 Å². The van der Waals surface area contributed by atoms with Gasteiger partial charge in [-0.25, -0.2) is 0 Å². The Labute approximate surface area is 84.1 Å². The van der Waals surface area contributed by atoms with Crippen molar-refractivity contribution in [3.8, 4) is 0 Å². The van der Waals surface area contributed by atoms with Crippen LogP contribution < -0.4 is 5.32 Å². The second-order valence-corrected chi connectivity index (χ2v) is 3.13. The minimum absolute atomic E-state index is 0.246. The highest BCUT2D eigenvalue weighted by Crippen LogP contribution is 2.05. The lowest BCUT2D eigenvalue weighted by atomic mass is 10.1. The topological polar surface area (TPSA) is 38.3 Å². The Morgan fingerprint density at radius 1 is 1.29 bits per heavy atom. The van der Waals surface area contributed by atoms with E-state index in [0.717, 1.165) is 12.1 Å². The molecule has 0 unspecified atom stereocenters. The van der Waals surface area contributed by atoms with Gasteiger partial charge in [-0.3, -0.25) is 4.79 Å². The Morgan fingerprint density at radius 3 is 2.36 bits per heavy atom. The van der Waals surface area contributed by atoms with Crippen LogP contribution in [0.3, 0.4) is 0 Å². The maximum Gasteiger partial charge on any atom is 0.302 e. The molecule has 0 bridgehead atoms. The first-order valence-corrected chi connectivity index (χ1v) is 4.58. The molecule has 76 valence electrons. The summed E-state index contributed by atoms with van der Waals surface area (Å²) in [6.45, 7) is 2.62. The molecule has 1 rings (SSSR count). The smallest absolute Gasteiger partial charge is 0.302 e. The largest absolute Gasteiger partial charge is 0.461 e. The van der Waals surface area contributed by atoms with Gasteiger partial charge in [-0.2, -0.15) is 0 Å². The van der Waals surface area contributed by atoms with Crippen molar-refractivity contribution in [2.75, 3.05) is 7.05 Å². The third-order valence-corrected chi connectivity index (χ3v) is 1.85. The van der Waals surface area contributed by atoms with Gasteiger partial charge in [0, 0.05) is 13.5 Å². The maximum atomic E-state index is 10.6. The number of rotatable bonds is 4. The summed E-state index contributed by atoms with van der Waals surface area (Å²) in [5, 5.41) is 3.07. The number of benzene rings is 1. The summed E-state index contributed by atoms with van der Waals surface area (Å²) in [4.78, 5) is 10.6. The van der Waals surface area contributed by atoms with E-state index in [1.807, 2.05) is 31.3 Å². The van der Waals surface area contributed by atoms with Gasteiger partial charge in [0.05, 0.1) is 0 Å². The van der Waals surface area contributed by atoms with Crippen LogP contribution in [0.25, 0.3) is 0 Å². The zero-order valence-electron chi connectivity index (χ0n) is 8.54. The molecule has 14 heavy (non-hydrogen) atoms. The molecule has 0 atom stereocenters. The van der Waals surface area contributed by atoms with E-state index in [4.69, 9.17) is 4.74 Å². The molecule has 0 aromatic heterocycles. The number of hydrogen-bond donors (Lipinski definition) is 1. The molecule has 0 saturated carbocycles. The number of hydrogen-bond acceptors (Lipinski definition) is 3. The third-order valence-electron chi connectivity index (χ3n) is 1.85. The first kappa shape index (κ1) is 10.7. The summed E-state index contributed by atoms with van der Waals surface area (Å²) in [6, 6.07) is 7.98. The molecule has 1 aromatic rings. The lowest BCUT2D eigenvalue weighted by molar-refractivity contribution is -0.142. The summed E-state index contributed by atoms with van der Waals surface area (Å²) in [5.41, 5.74) is 2.24. The number of nitrogens with one attached hydrogen (secondary N) is 1. The molecule has 0 saturated heterocycles. The predicted octanol–water partition coefficient (Wildman–Crippen LogP) is 1.47. The number of carbonyl (C=O) groups excluding carboxylic acids is 1. The zero-order chi connectivity index (χ0) is 10.4. The number of carbonyl (C=O) groups is 1. The van der Waals surface area contributed by atoms with Gasteiger partial charge in [-0.05, 0) is 18.2 Å². The first-order chi connectivity index (χ1) is 6.72. The van der Waals surface area contributed by atoms with E-state index in [1.54, 1.807) is 0 Å². The Hall–Kier alpha value is -1.35. The predicted molar refractivity (Wildman–Crippen MR) is 54.7 cm³/mol. The normalized spacial score (nSPS) is 9.86. The summed E-state index contributed by atoms with van der Waals surface area (Å²) >= 11 is 0. The molecule has 3 nitrogen and oxygen atoms in total. The molecule has 1 aromatic carbocycles. The second kappa shape index (κ2) is 5.40. The number of esters is 1. The molecular formula is C11H15NO2. The van der Waals surface area contributed by atoms with Gasteiger partial charge in [0.1, 0.15) is 6.61 Å². The molecule has 0 heterocycles. The van der Waals surface area contributed by atoms with Crippen molar-refractivity contribution < 1.29 is 9.53 Å². The fourth-order valence-corrected chi connectivity index (χ4v) is 1.14. The molecule has 0 amide bonds. The Bertz CT molecular complexity index is 293. The fraction of sp³-hybridized carbons (Fsp3) is 0.364. The molecule has 0 spiro atoms. The zero-order valence-corrected chi connectivity index (χ0v) is 8.54. The average Bonchev–Trinajstić information content (AvgIpc) is 2.17. The van der Waals surface area contributed by atoms with E-state index in [1.165, 1.54) is 12.5 Å². The van der Waals surface area contributed by atoms with Crippen LogP contribution in [0.2, 0.25) is 0 Å². The van der Waals surface area contributed by atoms with Gasteiger partial charge in [0.15, 0.2) is 0 Å².